The average molecular weight is 463 g/mol. The third-order valence-corrected chi connectivity index (χ3v) is 10.6. The Hall–Kier alpha value is -1.92. The molecule has 0 aromatic carbocycles. The Labute approximate surface area is 196 Å². The highest BCUT2D eigenvalue weighted by atomic mass is 16.5. The molecule has 0 spiro atoms. The zero-order valence-corrected chi connectivity index (χ0v) is 20.0. The van der Waals surface area contributed by atoms with Crippen LogP contribution in [-0.2, 0) is 28.7 Å². The van der Waals surface area contributed by atoms with Crippen molar-refractivity contribution in [2.45, 2.75) is 90.8 Å². The van der Waals surface area contributed by atoms with Gasteiger partial charge in [0.1, 0.15) is 18.0 Å². The molecule has 4 fully saturated rings. The Morgan fingerprint density at radius 1 is 1.15 bits per heavy atom. The number of ketones is 1. The van der Waals surface area contributed by atoms with Gasteiger partial charge in [0.05, 0.1) is 0 Å². The highest BCUT2D eigenvalue weighted by Crippen LogP contribution is 2.69. The number of carboxylic acid groups (broad SMARTS) is 1. The van der Waals surface area contributed by atoms with Crippen LogP contribution < -0.4 is 0 Å². The zero-order chi connectivity index (χ0) is 24.0. The van der Waals surface area contributed by atoms with E-state index in [2.05, 4.69) is 20.8 Å². The van der Waals surface area contributed by atoms with Crippen LogP contribution in [0.25, 0.3) is 0 Å². The Bertz CT molecular complexity index is 796. The first-order valence-corrected chi connectivity index (χ1v) is 12.6. The summed E-state index contributed by atoms with van der Waals surface area (Å²) < 4.78 is 11.5. The van der Waals surface area contributed by atoms with Gasteiger partial charge in [0.2, 0.25) is 0 Å². The van der Waals surface area contributed by atoms with Crippen LogP contribution in [-0.4, -0.2) is 42.0 Å². The van der Waals surface area contributed by atoms with Crippen LogP contribution >= 0.6 is 0 Å². The molecule has 0 heterocycles. The lowest BCUT2D eigenvalue weighted by Crippen LogP contribution is -2.63. The second-order valence-corrected chi connectivity index (χ2v) is 11.7. The van der Waals surface area contributed by atoms with Crippen molar-refractivity contribution in [2.24, 2.45) is 46.3 Å². The van der Waals surface area contributed by atoms with E-state index in [0.717, 1.165) is 19.3 Å². The Morgan fingerprint density at radius 2 is 1.88 bits per heavy atom. The molecule has 4 saturated carbocycles. The average Bonchev–Trinajstić information content (AvgIpc) is 3.12. The number of hydrogen-bond donors (Lipinski definition) is 1. The summed E-state index contributed by atoms with van der Waals surface area (Å²) in [5.74, 6) is 0.705. The van der Waals surface area contributed by atoms with Gasteiger partial charge in [-0.3, -0.25) is 19.2 Å². The van der Waals surface area contributed by atoms with E-state index >= 15 is 0 Å². The largest absolute Gasteiger partial charge is 0.481 e. The Kier molecular flexibility index (Phi) is 6.62. The van der Waals surface area contributed by atoms with Crippen molar-refractivity contribution < 1.29 is 33.8 Å². The van der Waals surface area contributed by atoms with E-state index in [0.29, 0.717) is 45.0 Å². The highest BCUT2D eigenvalue weighted by molar-refractivity contribution is 5.79. The molecule has 0 bridgehead atoms. The molecule has 0 saturated heterocycles. The molecule has 4 rings (SSSR count). The maximum atomic E-state index is 12.3. The van der Waals surface area contributed by atoms with Gasteiger partial charge in [-0.2, -0.15) is 0 Å². The number of rotatable bonds is 8. The van der Waals surface area contributed by atoms with Gasteiger partial charge in [-0.15, -0.1) is 0 Å². The summed E-state index contributed by atoms with van der Waals surface area (Å²) in [7, 11) is 0. The van der Waals surface area contributed by atoms with Crippen LogP contribution in [0.2, 0.25) is 0 Å². The number of carbonyl (C=O) groups is 4. The standard InChI is InChI=1S/C26H38O7/c1-15(4-7-23(30)31)18-5-6-19-24-20(12-22(33-14-28)26(18,19)3)25(2)9-8-17(29)10-16(25)11-21(24)32-13-27/h13-16,18-22,24H,4-12H2,1-3H3,(H,30,31)/t15-,16+,18-,19+,20+,21-,22+,24+,25+,26-/m1/s1. The fraction of sp³-hybridized carbons (Fsp3) is 0.846. The van der Waals surface area contributed by atoms with Crippen molar-refractivity contribution in [2.75, 3.05) is 0 Å². The monoisotopic (exact) mass is 462 g/mol. The molecule has 0 aromatic heterocycles. The van der Waals surface area contributed by atoms with E-state index in [1.165, 1.54) is 0 Å². The van der Waals surface area contributed by atoms with Gasteiger partial charge in [-0.1, -0.05) is 20.8 Å². The van der Waals surface area contributed by atoms with Crippen LogP contribution in [0.3, 0.4) is 0 Å². The predicted molar refractivity (Wildman–Crippen MR) is 119 cm³/mol. The van der Waals surface area contributed by atoms with E-state index in [4.69, 9.17) is 9.47 Å². The lowest BCUT2D eigenvalue weighted by molar-refractivity contribution is -0.212. The lowest BCUT2D eigenvalue weighted by Gasteiger charge is -2.63. The summed E-state index contributed by atoms with van der Waals surface area (Å²) in [6.07, 6.45) is 5.53. The molecule has 4 aliphatic rings. The van der Waals surface area contributed by atoms with Gasteiger partial charge in [0.15, 0.2) is 0 Å². The van der Waals surface area contributed by atoms with E-state index in [9.17, 15) is 24.3 Å². The number of ether oxygens (including phenoxy) is 2. The minimum absolute atomic E-state index is 0.0415. The van der Waals surface area contributed by atoms with E-state index in [1.54, 1.807) is 0 Å². The van der Waals surface area contributed by atoms with E-state index in [1.807, 2.05) is 0 Å². The van der Waals surface area contributed by atoms with E-state index in [-0.39, 0.29) is 70.7 Å². The smallest absolute Gasteiger partial charge is 0.303 e. The molecule has 184 valence electrons. The van der Waals surface area contributed by atoms with Gasteiger partial charge in [-0.05, 0) is 73.5 Å². The van der Waals surface area contributed by atoms with Crippen LogP contribution in [0.15, 0.2) is 0 Å². The summed E-state index contributed by atoms with van der Waals surface area (Å²) in [4.78, 5) is 46.6. The van der Waals surface area contributed by atoms with Gasteiger partial charge in [-0.25, -0.2) is 0 Å². The first-order valence-electron chi connectivity index (χ1n) is 12.6. The van der Waals surface area contributed by atoms with Crippen LogP contribution in [0, 0.1) is 46.3 Å². The number of aliphatic carboxylic acids is 1. The topological polar surface area (TPSA) is 107 Å². The van der Waals surface area contributed by atoms with Crippen molar-refractivity contribution in [3.05, 3.63) is 0 Å². The third-order valence-electron chi connectivity index (χ3n) is 10.6. The molecular weight excluding hydrogens is 424 g/mol. The van der Waals surface area contributed by atoms with E-state index < -0.39 is 5.97 Å². The minimum atomic E-state index is -0.788. The maximum Gasteiger partial charge on any atom is 0.303 e. The molecule has 0 radical (unpaired) electrons. The van der Waals surface area contributed by atoms with Crippen molar-refractivity contribution in [3.8, 4) is 0 Å². The number of fused-ring (bicyclic) bond motifs is 5. The first kappa shape index (κ1) is 24.2. The van der Waals surface area contributed by atoms with Gasteiger partial charge in [0, 0.05) is 30.6 Å². The summed E-state index contributed by atoms with van der Waals surface area (Å²) in [5.41, 5.74) is -0.335. The molecular formula is C26H38O7. The third kappa shape index (κ3) is 3.89. The van der Waals surface area contributed by atoms with Crippen molar-refractivity contribution in [1.82, 2.24) is 0 Å². The summed E-state index contributed by atoms with van der Waals surface area (Å²) in [5, 5.41) is 9.20. The van der Waals surface area contributed by atoms with Crippen LogP contribution in [0.1, 0.15) is 78.6 Å². The molecule has 7 heteroatoms. The summed E-state index contributed by atoms with van der Waals surface area (Å²) in [6, 6.07) is 0. The molecule has 1 N–H and O–H groups in total. The SMILES string of the molecule is C[C@H](CCC(=O)O)[C@H]1CC[C@H]2[C@@H]3[C@H](OC=O)C[C@@H]4CC(=O)CC[C@]4(C)[C@H]3C[C@H](OC=O)[C@]12C. The molecule has 0 amide bonds. The number of hydrogen-bond acceptors (Lipinski definition) is 6. The Balaban J connectivity index is 1.71. The Morgan fingerprint density at radius 3 is 2.55 bits per heavy atom. The van der Waals surface area contributed by atoms with Gasteiger partial charge in [0.25, 0.3) is 12.9 Å². The molecule has 0 unspecified atom stereocenters. The molecule has 0 aliphatic heterocycles. The summed E-state index contributed by atoms with van der Waals surface area (Å²) in [6.45, 7) is 7.75. The molecule has 10 atom stereocenters. The van der Waals surface area contributed by atoms with Crippen molar-refractivity contribution in [1.29, 1.82) is 0 Å². The first-order chi connectivity index (χ1) is 15.7. The minimum Gasteiger partial charge on any atom is -0.481 e. The fourth-order valence-electron chi connectivity index (χ4n) is 8.93. The van der Waals surface area contributed by atoms with Crippen molar-refractivity contribution >= 4 is 24.7 Å². The normalized spacial score (nSPS) is 45.2. The summed E-state index contributed by atoms with van der Waals surface area (Å²) >= 11 is 0. The highest BCUT2D eigenvalue weighted by Gasteiger charge is 2.67. The maximum absolute atomic E-state index is 12.3. The lowest BCUT2D eigenvalue weighted by atomic mass is 9.43. The van der Waals surface area contributed by atoms with Crippen molar-refractivity contribution in [3.63, 3.8) is 0 Å². The zero-order valence-electron chi connectivity index (χ0n) is 20.0. The second-order valence-electron chi connectivity index (χ2n) is 11.7. The number of carbonyl (C=O) groups excluding carboxylic acids is 3. The number of carboxylic acids is 1. The fourth-order valence-corrected chi connectivity index (χ4v) is 8.93. The van der Waals surface area contributed by atoms with Gasteiger partial charge >= 0.3 is 5.97 Å². The van der Waals surface area contributed by atoms with Gasteiger partial charge < -0.3 is 14.6 Å². The molecule has 33 heavy (non-hydrogen) atoms. The molecule has 0 aromatic rings. The second kappa shape index (κ2) is 9.03. The predicted octanol–water partition coefficient (Wildman–Crippen LogP) is 4.02. The van der Waals surface area contributed by atoms with Crippen LogP contribution in [0.4, 0.5) is 0 Å². The number of Topliss-reactive ketones (excluding diaryl/α,β-unsaturated/α-hetero) is 1. The quantitative estimate of drug-likeness (QED) is 0.543. The molecule has 7 nitrogen and oxygen atoms in total. The molecule has 4 aliphatic carbocycles. The van der Waals surface area contributed by atoms with Crippen LogP contribution in [0.5, 0.6) is 0 Å².